The molecule has 5 heteroatoms. The van der Waals surface area contributed by atoms with Crippen LogP contribution >= 0.6 is 0 Å². The van der Waals surface area contributed by atoms with Gasteiger partial charge in [0.1, 0.15) is 0 Å². The Labute approximate surface area is 96.9 Å². The van der Waals surface area contributed by atoms with Gasteiger partial charge in [-0.3, -0.25) is 0 Å². The molecule has 0 radical (unpaired) electrons. The highest BCUT2D eigenvalue weighted by molar-refractivity contribution is 5.33. The molecule has 0 heterocycles. The van der Waals surface area contributed by atoms with Gasteiger partial charge in [-0.05, 0) is 19.4 Å². The summed E-state index contributed by atoms with van der Waals surface area (Å²) >= 11 is 0. The first-order valence-electron chi connectivity index (χ1n) is 4.88. The van der Waals surface area contributed by atoms with E-state index in [1.807, 2.05) is 12.1 Å². The highest BCUT2D eigenvalue weighted by Gasteiger charge is 2.31. The van der Waals surface area contributed by atoms with Crippen LogP contribution in [0.15, 0.2) is 12.1 Å². The average molecular weight is 238 g/mol. The summed E-state index contributed by atoms with van der Waals surface area (Å²) in [6.07, 6.45) is 0.0878. The van der Waals surface area contributed by atoms with Crippen molar-refractivity contribution in [1.82, 2.24) is 0 Å². The Morgan fingerprint density at radius 2 is 1.82 bits per heavy atom. The van der Waals surface area contributed by atoms with Crippen molar-refractivity contribution in [3.05, 3.63) is 35.1 Å². The summed E-state index contributed by atoms with van der Waals surface area (Å²) in [7, 11) is 0. The zero-order valence-electron chi connectivity index (χ0n) is 9.10. The molecule has 0 saturated carbocycles. The van der Waals surface area contributed by atoms with E-state index in [-0.39, 0.29) is 18.4 Å². The molecular weight excluding hydrogens is 229 g/mol. The SMILES string of the molecule is CC(C#N)(CCC#N)c1ccc(F)c(F)c1F. The van der Waals surface area contributed by atoms with Crippen LogP contribution in [-0.2, 0) is 5.41 Å². The largest absolute Gasteiger partial charge is 0.204 e. The van der Waals surface area contributed by atoms with Crippen LogP contribution in [0.5, 0.6) is 0 Å². The van der Waals surface area contributed by atoms with Gasteiger partial charge in [-0.25, -0.2) is 13.2 Å². The zero-order chi connectivity index (χ0) is 13.1. The Hall–Kier alpha value is -2.01. The highest BCUT2D eigenvalue weighted by Crippen LogP contribution is 2.31. The van der Waals surface area contributed by atoms with Gasteiger partial charge in [-0.15, -0.1) is 0 Å². The van der Waals surface area contributed by atoms with Crippen molar-refractivity contribution in [3.8, 4) is 12.1 Å². The van der Waals surface area contributed by atoms with Gasteiger partial charge in [-0.2, -0.15) is 10.5 Å². The maximum Gasteiger partial charge on any atom is 0.194 e. The molecule has 0 aliphatic heterocycles. The molecule has 0 aromatic heterocycles. The predicted molar refractivity (Wildman–Crippen MR) is 54.1 cm³/mol. The number of rotatable bonds is 3. The van der Waals surface area contributed by atoms with Crippen molar-refractivity contribution in [2.24, 2.45) is 0 Å². The second-order valence-corrected chi connectivity index (χ2v) is 3.82. The maximum atomic E-state index is 13.5. The summed E-state index contributed by atoms with van der Waals surface area (Å²) in [5.74, 6) is -4.26. The van der Waals surface area contributed by atoms with Crippen LogP contribution in [-0.4, -0.2) is 0 Å². The summed E-state index contributed by atoms with van der Waals surface area (Å²) in [5, 5.41) is 17.5. The monoisotopic (exact) mass is 238 g/mol. The van der Waals surface area contributed by atoms with E-state index in [2.05, 4.69) is 0 Å². The molecule has 1 aromatic carbocycles. The Kier molecular flexibility index (Phi) is 3.75. The lowest BCUT2D eigenvalue weighted by molar-refractivity contribution is 0.422. The minimum absolute atomic E-state index is 0.0303. The third-order valence-electron chi connectivity index (χ3n) is 2.61. The Morgan fingerprint density at radius 1 is 1.18 bits per heavy atom. The molecule has 1 rings (SSSR count). The van der Waals surface area contributed by atoms with E-state index in [0.717, 1.165) is 12.1 Å². The maximum absolute atomic E-state index is 13.5. The molecule has 2 nitrogen and oxygen atoms in total. The minimum Gasteiger partial charge on any atom is -0.204 e. The van der Waals surface area contributed by atoms with E-state index >= 15 is 0 Å². The van der Waals surface area contributed by atoms with Crippen LogP contribution in [0, 0.1) is 40.1 Å². The van der Waals surface area contributed by atoms with Crippen LogP contribution in [0.2, 0.25) is 0 Å². The predicted octanol–water partition coefficient (Wildman–Crippen LogP) is 3.19. The summed E-state index contributed by atoms with van der Waals surface area (Å²) in [5.41, 5.74) is -1.57. The van der Waals surface area contributed by atoms with Crippen molar-refractivity contribution in [1.29, 1.82) is 10.5 Å². The summed E-state index contributed by atoms with van der Waals surface area (Å²) < 4.78 is 39.3. The number of benzene rings is 1. The Morgan fingerprint density at radius 3 is 2.35 bits per heavy atom. The summed E-state index contributed by atoms with van der Waals surface area (Å²) in [6.45, 7) is 1.39. The van der Waals surface area contributed by atoms with Gasteiger partial charge in [0.25, 0.3) is 0 Å². The average Bonchev–Trinajstić information content (AvgIpc) is 2.33. The van der Waals surface area contributed by atoms with Gasteiger partial charge in [0.05, 0.1) is 17.6 Å². The molecule has 0 aliphatic carbocycles. The van der Waals surface area contributed by atoms with Gasteiger partial charge in [0.2, 0.25) is 0 Å². The van der Waals surface area contributed by atoms with Crippen LogP contribution in [0.25, 0.3) is 0 Å². The molecule has 1 atom stereocenters. The normalized spacial score (nSPS) is 13.5. The molecule has 1 aromatic rings. The topological polar surface area (TPSA) is 47.6 Å². The molecule has 17 heavy (non-hydrogen) atoms. The fourth-order valence-corrected chi connectivity index (χ4v) is 1.51. The molecule has 0 amide bonds. The second kappa shape index (κ2) is 4.88. The van der Waals surface area contributed by atoms with Crippen LogP contribution in [0.3, 0.4) is 0 Å². The minimum atomic E-state index is -1.60. The van der Waals surface area contributed by atoms with Crippen molar-refractivity contribution >= 4 is 0 Å². The van der Waals surface area contributed by atoms with E-state index in [9.17, 15) is 13.2 Å². The molecule has 0 N–H and O–H groups in total. The van der Waals surface area contributed by atoms with E-state index in [1.165, 1.54) is 6.92 Å². The summed E-state index contributed by atoms with van der Waals surface area (Å²) in [6, 6.07) is 5.48. The van der Waals surface area contributed by atoms with Crippen molar-refractivity contribution in [3.63, 3.8) is 0 Å². The van der Waals surface area contributed by atoms with Crippen molar-refractivity contribution in [2.75, 3.05) is 0 Å². The fourth-order valence-electron chi connectivity index (χ4n) is 1.51. The fraction of sp³-hybridized carbons (Fsp3) is 0.333. The number of hydrogen-bond donors (Lipinski definition) is 0. The smallest absolute Gasteiger partial charge is 0.194 e. The lowest BCUT2D eigenvalue weighted by Crippen LogP contribution is -2.22. The van der Waals surface area contributed by atoms with Crippen LogP contribution in [0.1, 0.15) is 25.3 Å². The van der Waals surface area contributed by atoms with Gasteiger partial charge in [0.15, 0.2) is 17.5 Å². The van der Waals surface area contributed by atoms with Crippen molar-refractivity contribution in [2.45, 2.75) is 25.2 Å². The summed E-state index contributed by atoms with van der Waals surface area (Å²) in [4.78, 5) is 0. The highest BCUT2D eigenvalue weighted by atomic mass is 19.2. The van der Waals surface area contributed by atoms with E-state index in [0.29, 0.717) is 0 Å². The molecule has 0 fully saturated rings. The molecule has 1 unspecified atom stereocenters. The molecule has 0 bridgehead atoms. The van der Waals surface area contributed by atoms with E-state index in [1.54, 1.807) is 0 Å². The Balaban J connectivity index is 3.28. The molecular formula is C12H9F3N2. The number of hydrogen-bond acceptors (Lipinski definition) is 2. The quantitative estimate of drug-likeness (QED) is 0.759. The molecule has 88 valence electrons. The first-order chi connectivity index (χ1) is 7.96. The number of halogens is 3. The van der Waals surface area contributed by atoms with Gasteiger partial charge in [-0.1, -0.05) is 6.07 Å². The van der Waals surface area contributed by atoms with Crippen LogP contribution < -0.4 is 0 Å². The number of nitrogens with zero attached hydrogens (tertiary/aromatic N) is 2. The van der Waals surface area contributed by atoms with Crippen LogP contribution in [0.4, 0.5) is 13.2 Å². The lowest BCUT2D eigenvalue weighted by Gasteiger charge is -2.21. The van der Waals surface area contributed by atoms with Gasteiger partial charge >= 0.3 is 0 Å². The third kappa shape index (κ3) is 2.39. The molecule has 0 saturated heterocycles. The van der Waals surface area contributed by atoms with Crippen molar-refractivity contribution < 1.29 is 13.2 Å². The van der Waals surface area contributed by atoms with E-state index < -0.39 is 22.9 Å². The third-order valence-corrected chi connectivity index (χ3v) is 2.61. The van der Waals surface area contributed by atoms with Gasteiger partial charge < -0.3 is 0 Å². The Bertz CT molecular complexity index is 514. The standard InChI is InChI=1S/C12H9F3N2/c1-12(7-17,5-2-6-16)8-3-4-9(13)11(15)10(8)14/h3-4H,2,5H2,1H3. The number of nitriles is 2. The second-order valence-electron chi connectivity index (χ2n) is 3.82. The first kappa shape index (κ1) is 13.1. The van der Waals surface area contributed by atoms with Gasteiger partial charge in [0, 0.05) is 12.0 Å². The lowest BCUT2D eigenvalue weighted by atomic mass is 9.79. The first-order valence-corrected chi connectivity index (χ1v) is 4.88. The van der Waals surface area contributed by atoms with E-state index in [4.69, 9.17) is 10.5 Å². The molecule has 0 aliphatic rings. The zero-order valence-corrected chi connectivity index (χ0v) is 9.10. The molecule has 0 spiro atoms.